The van der Waals surface area contributed by atoms with Crippen LogP contribution < -0.4 is 4.74 Å². The molecule has 1 N–H and O–H groups in total. The largest absolute Gasteiger partial charge is 0.494 e. The summed E-state index contributed by atoms with van der Waals surface area (Å²) in [5.41, 5.74) is 0.237. The van der Waals surface area contributed by atoms with Gasteiger partial charge < -0.3 is 14.4 Å². The van der Waals surface area contributed by atoms with Crippen molar-refractivity contribution in [3.05, 3.63) is 35.7 Å². The Kier molecular flexibility index (Phi) is 7.11. The lowest BCUT2D eigenvalue weighted by Gasteiger charge is -2.08. The lowest BCUT2D eigenvalue weighted by molar-refractivity contribution is 0.0696. The van der Waals surface area contributed by atoms with E-state index in [9.17, 15) is 4.79 Å². The van der Waals surface area contributed by atoms with E-state index in [1.807, 2.05) is 0 Å². The van der Waals surface area contributed by atoms with Crippen LogP contribution >= 0.6 is 11.8 Å². The van der Waals surface area contributed by atoms with Gasteiger partial charge >= 0.3 is 5.97 Å². The number of aromatic nitrogens is 3. The topological polar surface area (TPSA) is 77.2 Å². The first-order valence-corrected chi connectivity index (χ1v) is 9.15. The van der Waals surface area contributed by atoms with Gasteiger partial charge in [-0.15, -0.1) is 10.2 Å². The highest BCUT2D eigenvalue weighted by atomic mass is 32.2. The van der Waals surface area contributed by atoms with Crippen LogP contribution in [0.15, 0.2) is 29.4 Å². The van der Waals surface area contributed by atoms with Gasteiger partial charge in [0.2, 0.25) is 0 Å². The molecule has 1 aromatic carbocycles. The third kappa shape index (κ3) is 4.99. The van der Waals surface area contributed by atoms with Crippen molar-refractivity contribution < 1.29 is 14.6 Å². The molecule has 0 saturated heterocycles. The molecule has 0 bridgehead atoms. The number of rotatable bonds is 10. The minimum Gasteiger partial charge on any atom is -0.494 e. The molecule has 2 rings (SSSR count). The van der Waals surface area contributed by atoms with Crippen molar-refractivity contribution >= 4 is 17.7 Å². The Bertz CT molecular complexity index is 673. The van der Waals surface area contributed by atoms with Crippen LogP contribution in [0.3, 0.4) is 0 Å². The zero-order valence-electron chi connectivity index (χ0n) is 14.1. The van der Waals surface area contributed by atoms with Crippen molar-refractivity contribution in [2.75, 3.05) is 12.4 Å². The van der Waals surface area contributed by atoms with Crippen molar-refractivity contribution in [3.63, 3.8) is 0 Å². The fourth-order valence-electron chi connectivity index (χ4n) is 2.28. The highest BCUT2D eigenvalue weighted by molar-refractivity contribution is 7.99. The second kappa shape index (κ2) is 9.32. The number of hydrogen-bond donors (Lipinski definition) is 1. The average molecular weight is 349 g/mol. The van der Waals surface area contributed by atoms with Gasteiger partial charge in [0.05, 0.1) is 12.2 Å². The first kappa shape index (κ1) is 18.3. The Morgan fingerprint density at radius 3 is 2.88 bits per heavy atom. The summed E-state index contributed by atoms with van der Waals surface area (Å²) in [5, 5.41) is 18.4. The molecule has 0 spiro atoms. The summed E-state index contributed by atoms with van der Waals surface area (Å²) in [7, 11) is 0. The van der Waals surface area contributed by atoms with Gasteiger partial charge in [-0.3, -0.25) is 0 Å². The number of benzene rings is 1. The van der Waals surface area contributed by atoms with Crippen LogP contribution in [-0.2, 0) is 13.0 Å². The lowest BCUT2D eigenvalue weighted by Crippen LogP contribution is -2.04. The van der Waals surface area contributed by atoms with Gasteiger partial charge in [-0.2, -0.15) is 0 Å². The van der Waals surface area contributed by atoms with E-state index in [2.05, 4.69) is 28.6 Å². The van der Waals surface area contributed by atoms with Crippen molar-refractivity contribution in [2.24, 2.45) is 0 Å². The fourth-order valence-corrected chi connectivity index (χ4v) is 3.22. The normalized spacial score (nSPS) is 10.8. The first-order chi connectivity index (χ1) is 11.7. The molecule has 7 heteroatoms. The fraction of sp³-hybridized carbons (Fsp3) is 0.471. The molecule has 0 fully saturated rings. The number of hydrogen-bond acceptors (Lipinski definition) is 5. The maximum absolute atomic E-state index is 10.9. The van der Waals surface area contributed by atoms with Crippen LogP contribution in [-0.4, -0.2) is 38.2 Å². The number of nitrogens with zero attached hydrogens (tertiary/aromatic N) is 3. The number of carboxylic acids is 1. The third-order valence-electron chi connectivity index (χ3n) is 3.45. The minimum atomic E-state index is -0.946. The zero-order chi connectivity index (χ0) is 17.4. The quantitative estimate of drug-likeness (QED) is 0.522. The molecule has 2 aromatic rings. The average Bonchev–Trinajstić information content (AvgIpc) is 2.97. The highest BCUT2D eigenvalue weighted by Crippen LogP contribution is 2.19. The molecule has 0 unspecified atom stereocenters. The van der Waals surface area contributed by atoms with E-state index >= 15 is 0 Å². The number of thioether (sulfide) groups is 1. The van der Waals surface area contributed by atoms with Gasteiger partial charge in [-0.25, -0.2) is 4.79 Å². The standard InChI is InChI=1S/C17H23N3O3S/c1-3-7-15-18-19-17(20(15)4-2)24-11-6-10-23-14-9-5-8-13(12-14)16(21)22/h5,8-9,12H,3-4,6-7,10-11H2,1-2H3,(H,21,22). The molecule has 0 atom stereocenters. The molecule has 130 valence electrons. The minimum absolute atomic E-state index is 0.237. The van der Waals surface area contributed by atoms with E-state index < -0.39 is 5.97 Å². The molecule has 0 saturated carbocycles. The lowest BCUT2D eigenvalue weighted by atomic mass is 10.2. The summed E-state index contributed by atoms with van der Waals surface area (Å²) in [5.74, 6) is 1.56. The number of aromatic carboxylic acids is 1. The molecule has 0 aliphatic rings. The molecule has 1 heterocycles. The van der Waals surface area contributed by atoms with Gasteiger partial charge in [0.1, 0.15) is 11.6 Å². The molecule has 0 amide bonds. The SMILES string of the molecule is CCCc1nnc(SCCCOc2cccc(C(=O)O)c2)n1CC. The summed E-state index contributed by atoms with van der Waals surface area (Å²) in [6, 6.07) is 6.55. The summed E-state index contributed by atoms with van der Waals surface area (Å²) >= 11 is 1.68. The molecule has 6 nitrogen and oxygen atoms in total. The van der Waals surface area contributed by atoms with E-state index in [0.29, 0.717) is 12.4 Å². The highest BCUT2D eigenvalue weighted by Gasteiger charge is 2.10. The Hall–Kier alpha value is -2.02. The maximum atomic E-state index is 10.9. The van der Waals surface area contributed by atoms with Crippen LogP contribution in [0.1, 0.15) is 42.9 Å². The van der Waals surface area contributed by atoms with E-state index in [0.717, 1.165) is 42.5 Å². The molecular formula is C17H23N3O3S. The second-order valence-corrected chi connectivity index (χ2v) is 6.34. The van der Waals surface area contributed by atoms with Gasteiger partial charge in [0.25, 0.3) is 0 Å². The number of carboxylic acid groups (broad SMARTS) is 1. The molecule has 24 heavy (non-hydrogen) atoms. The van der Waals surface area contributed by atoms with Crippen LogP contribution in [0, 0.1) is 0 Å². The van der Waals surface area contributed by atoms with Crippen molar-refractivity contribution in [1.29, 1.82) is 0 Å². The second-order valence-electron chi connectivity index (χ2n) is 5.28. The van der Waals surface area contributed by atoms with Gasteiger partial charge in [0, 0.05) is 18.7 Å². The molecule has 1 aromatic heterocycles. The monoisotopic (exact) mass is 349 g/mol. The summed E-state index contributed by atoms with van der Waals surface area (Å²) in [4.78, 5) is 10.9. The Labute approximate surface area is 146 Å². The molecule has 0 aliphatic heterocycles. The van der Waals surface area contributed by atoms with Crippen LogP contribution in [0.4, 0.5) is 0 Å². The van der Waals surface area contributed by atoms with E-state index in [4.69, 9.17) is 9.84 Å². The van der Waals surface area contributed by atoms with E-state index in [-0.39, 0.29) is 5.56 Å². The van der Waals surface area contributed by atoms with Crippen molar-refractivity contribution in [1.82, 2.24) is 14.8 Å². The van der Waals surface area contributed by atoms with Crippen molar-refractivity contribution in [3.8, 4) is 5.75 Å². The maximum Gasteiger partial charge on any atom is 0.335 e. The van der Waals surface area contributed by atoms with Gasteiger partial charge in [-0.05, 0) is 38.0 Å². The van der Waals surface area contributed by atoms with Crippen molar-refractivity contribution in [2.45, 2.75) is 44.8 Å². The predicted octanol–water partition coefficient (Wildman–Crippen LogP) is 3.51. The predicted molar refractivity (Wildman–Crippen MR) is 93.9 cm³/mol. The number of carbonyl (C=O) groups is 1. The van der Waals surface area contributed by atoms with Gasteiger partial charge in [-0.1, -0.05) is 24.8 Å². The van der Waals surface area contributed by atoms with Crippen LogP contribution in [0.5, 0.6) is 5.75 Å². The molecule has 0 aliphatic carbocycles. The Morgan fingerprint density at radius 2 is 2.17 bits per heavy atom. The Balaban J connectivity index is 1.77. The third-order valence-corrected chi connectivity index (χ3v) is 4.51. The summed E-state index contributed by atoms with van der Waals surface area (Å²) in [6.45, 7) is 5.66. The van der Waals surface area contributed by atoms with E-state index in [1.165, 1.54) is 0 Å². The van der Waals surface area contributed by atoms with Crippen LogP contribution in [0.2, 0.25) is 0 Å². The smallest absolute Gasteiger partial charge is 0.335 e. The molecular weight excluding hydrogens is 326 g/mol. The molecule has 0 radical (unpaired) electrons. The number of aryl methyl sites for hydroxylation is 1. The van der Waals surface area contributed by atoms with Gasteiger partial charge in [0.15, 0.2) is 5.16 Å². The summed E-state index contributed by atoms with van der Waals surface area (Å²) < 4.78 is 7.77. The first-order valence-electron chi connectivity index (χ1n) is 8.16. The Morgan fingerprint density at radius 1 is 1.33 bits per heavy atom. The van der Waals surface area contributed by atoms with Crippen LogP contribution in [0.25, 0.3) is 0 Å². The van der Waals surface area contributed by atoms with E-state index in [1.54, 1.807) is 36.0 Å². The number of ether oxygens (including phenoxy) is 1. The zero-order valence-corrected chi connectivity index (χ0v) is 14.9. The summed E-state index contributed by atoms with van der Waals surface area (Å²) in [6.07, 6.45) is 2.86.